The Morgan fingerprint density at radius 1 is 1.17 bits per heavy atom. The number of hydrogen-bond acceptors (Lipinski definition) is 2. The molecule has 1 N–H and O–H groups in total. The van der Waals surface area contributed by atoms with E-state index in [0.29, 0.717) is 18.5 Å². The molecule has 1 heterocycles. The molecule has 1 amide bonds. The maximum atomic E-state index is 13.9. The number of aromatic nitrogens is 2. The molecule has 5 heteroatoms. The van der Waals surface area contributed by atoms with Crippen LogP contribution in [0.5, 0.6) is 0 Å². The van der Waals surface area contributed by atoms with E-state index in [9.17, 15) is 9.18 Å². The first-order valence-corrected chi connectivity index (χ1v) is 10.2. The Labute approximate surface area is 171 Å². The first-order chi connectivity index (χ1) is 13.7. The van der Waals surface area contributed by atoms with E-state index in [-0.39, 0.29) is 17.1 Å². The molecule has 0 atom stereocenters. The highest BCUT2D eigenvalue weighted by Crippen LogP contribution is 2.48. The van der Waals surface area contributed by atoms with E-state index in [1.807, 2.05) is 17.7 Å². The number of benzene rings is 2. The van der Waals surface area contributed by atoms with Gasteiger partial charge in [0.2, 0.25) is 5.91 Å². The largest absolute Gasteiger partial charge is 0.355 e. The number of hydrogen-bond donors (Lipinski definition) is 1. The second-order valence-corrected chi connectivity index (χ2v) is 9.11. The second-order valence-electron chi connectivity index (χ2n) is 9.11. The Morgan fingerprint density at radius 3 is 2.45 bits per heavy atom. The third kappa shape index (κ3) is 3.54. The van der Waals surface area contributed by atoms with Crippen molar-refractivity contribution in [3.63, 3.8) is 0 Å². The predicted octanol–water partition coefficient (Wildman–Crippen LogP) is 4.40. The minimum absolute atomic E-state index is 0.0750. The number of aryl methyl sites for hydroxylation is 1. The Morgan fingerprint density at radius 2 is 1.86 bits per heavy atom. The minimum atomic E-state index is -0.394. The summed E-state index contributed by atoms with van der Waals surface area (Å²) in [6.45, 7) is 7.05. The van der Waals surface area contributed by atoms with Crippen molar-refractivity contribution in [3.8, 4) is 0 Å². The van der Waals surface area contributed by atoms with Crippen molar-refractivity contribution in [1.82, 2.24) is 14.9 Å². The van der Waals surface area contributed by atoms with E-state index in [1.54, 1.807) is 6.07 Å². The van der Waals surface area contributed by atoms with Crippen molar-refractivity contribution in [2.75, 3.05) is 6.54 Å². The highest BCUT2D eigenvalue weighted by molar-refractivity contribution is 5.91. The van der Waals surface area contributed by atoms with Gasteiger partial charge in [-0.3, -0.25) is 4.79 Å². The molecule has 29 heavy (non-hydrogen) atoms. The number of fused-ring (bicyclic) bond motifs is 1. The topological polar surface area (TPSA) is 46.9 Å². The van der Waals surface area contributed by atoms with Crippen LogP contribution >= 0.6 is 0 Å². The molecule has 1 aliphatic carbocycles. The number of nitrogens with zero attached hydrogens (tertiary/aromatic N) is 2. The van der Waals surface area contributed by atoms with Crippen molar-refractivity contribution in [2.24, 2.45) is 7.05 Å². The van der Waals surface area contributed by atoms with Gasteiger partial charge in [-0.05, 0) is 41.5 Å². The van der Waals surface area contributed by atoms with Crippen LogP contribution in [-0.4, -0.2) is 22.0 Å². The predicted molar refractivity (Wildman–Crippen MR) is 113 cm³/mol. The van der Waals surface area contributed by atoms with Crippen LogP contribution in [-0.2, 0) is 29.1 Å². The van der Waals surface area contributed by atoms with Gasteiger partial charge in [0.15, 0.2) is 5.82 Å². The van der Waals surface area contributed by atoms with Crippen molar-refractivity contribution < 1.29 is 9.18 Å². The number of nitrogens with one attached hydrogen (secondary N) is 1. The molecule has 0 radical (unpaired) electrons. The van der Waals surface area contributed by atoms with Crippen molar-refractivity contribution in [3.05, 3.63) is 65.2 Å². The summed E-state index contributed by atoms with van der Waals surface area (Å²) in [6.07, 6.45) is 2.33. The lowest BCUT2D eigenvalue weighted by Gasteiger charge is -2.21. The normalized spacial score (nSPS) is 15.5. The summed E-state index contributed by atoms with van der Waals surface area (Å²) in [4.78, 5) is 17.3. The van der Waals surface area contributed by atoms with Crippen LogP contribution in [0, 0.1) is 5.82 Å². The van der Waals surface area contributed by atoms with Gasteiger partial charge < -0.3 is 9.88 Å². The summed E-state index contributed by atoms with van der Waals surface area (Å²) in [6, 6.07) is 13.4. The van der Waals surface area contributed by atoms with Gasteiger partial charge in [-0.2, -0.15) is 0 Å². The number of carbonyl (C=O) groups excluding carboxylic acids is 1. The third-order valence-electron chi connectivity index (χ3n) is 6.08. The summed E-state index contributed by atoms with van der Waals surface area (Å²) in [5.74, 6) is 0.528. The maximum absolute atomic E-state index is 13.9. The first-order valence-electron chi connectivity index (χ1n) is 10.2. The Balaban J connectivity index is 1.42. The summed E-state index contributed by atoms with van der Waals surface area (Å²) < 4.78 is 15.8. The highest BCUT2D eigenvalue weighted by atomic mass is 19.1. The number of para-hydroxylation sites is 1. The minimum Gasteiger partial charge on any atom is -0.355 e. The molecule has 0 bridgehead atoms. The van der Waals surface area contributed by atoms with Gasteiger partial charge in [-0.15, -0.1) is 0 Å². The van der Waals surface area contributed by atoms with Crippen LogP contribution in [0.15, 0.2) is 42.5 Å². The molecule has 0 unspecified atom stereocenters. The summed E-state index contributed by atoms with van der Waals surface area (Å²) in [7, 11) is 1.88. The fourth-order valence-electron chi connectivity index (χ4n) is 3.97. The molecule has 0 aliphatic heterocycles. The molecule has 1 aromatic heterocycles. The van der Waals surface area contributed by atoms with E-state index in [0.717, 1.165) is 29.7 Å². The van der Waals surface area contributed by atoms with Crippen LogP contribution in [0.2, 0.25) is 0 Å². The van der Waals surface area contributed by atoms with Gasteiger partial charge in [-0.1, -0.05) is 51.1 Å². The smallest absolute Gasteiger partial charge is 0.230 e. The molecule has 3 aromatic rings. The highest BCUT2D eigenvalue weighted by Gasteiger charge is 2.51. The standard InChI is InChI=1S/C24H28FN3O/c1-23(2,3)16-8-10-17(11-9-16)24(13-14-24)22(29)26-15-12-20-27-21-18(25)6-5-7-19(21)28(20)4/h5-11H,12-15H2,1-4H3,(H,26,29). The van der Waals surface area contributed by atoms with Crippen LogP contribution in [0.1, 0.15) is 50.6 Å². The average molecular weight is 394 g/mol. The molecule has 152 valence electrons. The Bertz CT molecular complexity index is 1060. The van der Waals surface area contributed by atoms with E-state index in [4.69, 9.17) is 0 Å². The Hall–Kier alpha value is -2.69. The molecule has 4 rings (SSSR count). The fourth-order valence-corrected chi connectivity index (χ4v) is 3.97. The number of halogens is 1. The van der Waals surface area contributed by atoms with Crippen molar-refractivity contribution in [2.45, 2.75) is 50.9 Å². The molecule has 1 saturated carbocycles. The first kappa shape index (κ1) is 19.6. The van der Waals surface area contributed by atoms with Crippen LogP contribution in [0.25, 0.3) is 11.0 Å². The molecule has 4 nitrogen and oxygen atoms in total. The van der Waals surface area contributed by atoms with Gasteiger partial charge in [0.1, 0.15) is 11.3 Å². The molecular formula is C24H28FN3O. The summed E-state index contributed by atoms with van der Waals surface area (Å²) in [5.41, 5.74) is 3.22. The lowest BCUT2D eigenvalue weighted by molar-refractivity contribution is -0.123. The number of imidazole rings is 1. The summed E-state index contributed by atoms with van der Waals surface area (Å²) in [5, 5.41) is 3.08. The molecule has 1 aliphatic rings. The number of amides is 1. The SMILES string of the molecule is Cn1c(CCNC(=O)C2(c3ccc(C(C)(C)C)cc3)CC2)nc2c(F)cccc21. The van der Waals surface area contributed by atoms with Gasteiger partial charge in [0, 0.05) is 20.0 Å². The summed E-state index contributed by atoms with van der Waals surface area (Å²) >= 11 is 0. The molecule has 2 aromatic carbocycles. The third-order valence-corrected chi connectivity index (χ3v) is 6.08. The van der Waals surface area contributed by atoms with Crippen molar-refractivity contribution >= 4 is 16.9 Å². The fraction of sp³-hybridized carbons (Fsp3) is 0.417. The van der Waals surface area contributed by atoms with Crippen LogP contribution < -0.4 is 5.32 Å². The van der Waals surface area contributed by atoms with E-state index >= 15 is 0 Å². The zero-order valence-electron chi connectivity index (χ0n) is 17.6. The second kappa shape index (κ2) is 6.97. The number of rotatable bonds is 5. The van der Waals surface area contributed by atoms with Gasteiger partial charge in [0.05, 0.1) is 10.9 Å². The lowest BCUT2D eigenvalue weighted by atomic mass is 9.85. The van der Waals surface area contributed by atoms with Crippen LogP contribution in [0.3, 0.4) is 0 Å². The van der Waals surface area contributed by atoms with Crippen molar-refractivity contribution in [1.29, 1.82) is 0 Å². The molecule has 0 saturated heterocycles. The van der Waals surface area contributed by atoms with E-state index < -0.39 is 5.41 Å². The molecular weight excluding hydrogens is 365 g/mol. The molecule has 1 fully saturated rings. The maximum Gasteiger partial charge on any atom is 0.230 e. The van der Waals surface area contributed by atoms with Gasteiger partial charge in [-0.25, -0.2) is 9.37 Å². The van der Waals surface area contributed by atoms with E-state index in [2.05, 4.69) is 55.3 Å². The van der Waals surface area contributed by atoms with Gasteiger partial charge in [0.25, 0.3) is 0 Å². The lowest BCUT2D eigenvalue weighted by Crippen LogP contribution is -2.36. The number of carbonyl (C=O) groups is 1. The Kier molecular flexibility index (Phi) is 4.72. The van der Waals surface area contributed by atoms with E-state index in [1.165, 1.54) is 11.6 Å². The zero-order valence-corrected chi connectivity index (χ0v) is 17.6. The quantitative estimate of drug-likeness (QED) is 0.698. The average Bonchev–Trinajstić information content (AvgIpc) is 3.43. The van der Waals surface area contributed by atoms with Crippen LogP contribution in [0.4, 0.5) is 4.39 Å². The van der Waals surface area contributed by atoms with Gasteiger partial charge >= 0.3 is 0 Å². The molecule has 0 spiro atoms. The monoisotopic (exact) mass is 393 g/mol. The zero-order chi connectivity index (χ0) is 20.8.